The van der Waals surface area contributed by atoms with E-state index in [-0.39, 0.29) is 5.91 Å². The standard InChI is InChI=1S/C20H24ClN7O2/c1-14-9-19(28-20(25-14)23-13-24-28)27-7-5-26(6-8-27)12-18(29)22-11-15-10-16(21)3-4-17(15)30-2/h3-4,9-10,13H,5-8,11-12H2,1-2H3,(H,22,29). The van der Waals surface area contributed by atoms with E-state index in [1.807, 2.05) is 13.0 Å². The number of carbonyl (C=O) groups is 1. The van der Waals surface area contributed by atoms with E-state index < -0.39 is 0 Å². The van der Waals surface area contributed by atoms with Gasteiger partial charge in [-0.15, -0.1) is 0 Å². The van der Waals surface area contributed by atoms with Gasteiger partial charge in [0.1, 0.15) is 17.9 Å². The molecule has 0 aliphatic carbocycles. The third kappa shape index (κ3) is 4.47. The lowest BCUT2D eigenvalue weighted by Gasteiger charge is -2.35. The summed E-state index contributed by atoms with van der Waals surface area (Å²) in [4.78, 5) is 25.4. The molecule has 3 aromatic rings. The maximum atomic E-state index is 12.4. The molecule has 9 nitrogen and oxygen atoms in total. The molecular formula is C20H24ClN7O2. The highest BCUT2D eigenvalue weighted by Gasteiger charge is 2.21. The predicted molar refractivity (Wildman–Crippen MR) is 114 cm³/mol. The summed E-state index contributed by atoms with van der Waals surface area (Å²) in [5.41, 5.74) is 1.76. The van der Waals surface area contributed by atoms with E-state index >= 15 is 0 Å². The molecule has 2 aromatic heterocycles. The number of ether oxygens (including phenoxy) is 1. The molecule has 1 amide bonds. The Bertz CT molecular complexity index is 1050. The van der Waals surface area contributed by atoms with Crippen molar-refractivity contribution < 1.29 is 9.53 Å². The van der Waals surface area contributed by atoms with Gasteiger partial charge < -0.3 is 15.0 Å². The number of hydrogen-bond donors (Lipinski definition) is 1. The van der Waals surface area contributed by atoms with Crippen molar-refractivity contribution in [1.82, 2.24) is 29.8 Å². The minimum Gasteiger partial charge on any atom is -0.496 e. The van der Waals surface area contributed by atoms with Gasteiger partial charge in [-0.1, -0.05) is 11.6 Å². The number of halogens is 1. The largest absolute Gasteiger partial charge is 0.496 e. The van der Waals surface area contributed by atoms with Gasteiger partial charge in [0.05, 0.1) is 13.7 Å². The lowest BCUT2D eigenvalue weighted by Crippen LogP contribution is -2.50. The van der Waals surface area contributed by atoms with E-state index in [9.17, 15) is 4.79 Å². The summed E-state index contributed by atoms with van der Waals surface area (Å²) >= 11 is 6.05. The summed E-state index contributed by atoms with van der Waals surface area (Å²) in [5, 5.41) is 7.85. The van der Waals surface area contributed by atoms with E-state index in [0.717, 1.165) is 43.3 Å². The smallest absolute Gasteiger partial charge is 0.254 e. The Morgan fingerprint density at radius 1 is 1.23 bits per heavy atom. The normalized spacial score (nSPS) is 14.8. The van der Waals surface area contributed by atoms with Crippen molar-refractivity contribution in [3.8, 4) is 5.75 Å². The van der Waals surface area contributed by atoms with Gasteiger partial charge in [0.25, 0.3) is 5.78 Å². The van der Waals surface area contributed by atoms with Gasteiger partial charge in [-0.05, 0) is 25.1 Å². The van der Waals surface area contributed by atoms with Crippen LogP contribution in [-0.2, 0) is 11.3 Å². The Morgan fingerprint density at radius 2 is 2.03 bits per heavy atom. The van der Waals surface area contributed by atoms with Gasteiger partial charge in [0, 0.05) is 55.1 Å². The Kier molecular flexibility index (Phi) is 6.01. The number of hydrogen-bond acceptors (Lipinski definition) is 7. The second-order valence-electron chi connectivity index (χ2n) is 7.22. The molecule has 0 unspecified atom stereocenters. The van der Waals surface area contributed by atoms with Crippen molar-refractivity contribution in [2.45, 2.75) is 13.5 Å². The average molecular weight is 430 g/mol. The van der Waals surface area contributed by atoms with Crippen molar-refractivity contribution in [2.24, 2.45) is 0 Å². The Morgan fingerprint density at radius 3 is 2.80 bits per heavy atom. The molecule has 1 aliphatic heterocycles. The highest BCUT2D eigenvalue weighted by atomic mass is 35.5. The molecule has 1 N–H and O–H groups in total. The van der Waals surface area contributed by atoms with Crippen LogP contribution in [0.2, 0.25) is 5.02 Å². The van der Waals surface area contributed by atoms with Crippen LogP contribution in [0.4, 0.5) is 5.82 Å². The summed E-state index contributed by atoms with van der Waals surface area (Å²) in [6.07, 6.45) is 1.51. The number of piperazine rings is 1. The molecule has 0 atom stereocenters. The van der Waals surface area contributed by atoms with Crippen LogP contribution in [0.25, 0.3) is 5.78 Å². The van der Waals surface area contributed by atoms with Crippen LogP contribution in [-0.4, -0.2) is 70.2 Å². The average Bonchev–Trinajstić information content (AvgIpc) is 3.21. The zero-order valence-electron chi connectivity index (χ0n) is 17.0. The number of rotatable bonds is 6. The molecule has 0 bridgehead atoms. The maximum Gasteiger partial charge on any atom is 0.254 e. The quantitative estimate of drug-likeness (QED) is 0.635. The Labute approximate surface area is 179 Å². The number of nitrogens with one attached hydrogen (secondary N) is 1. The topological polar surface area (TPSA) is 87.9 Å². The Hall–Kier alpha value is -2.91. The fraction of sp³-hybridized carbons (Fsp3) is 0.400. The summed E-state index contributed by atoms with van der Waals surface area (Å²) in [5.74, 6) is 2.26. The van der Waals surface area contributed by atoms with E-state index in [1.54, 1.807) is 29.8 Å². The maximum absolute atomic E-state index is 12.4. The summed E-state index contributed by atoms with van der Waals surface area (Å²) in [6, 6.07) is 7.39. The second kappa shape index (κ2) is 8.85. The third-order valence-electron chi connectivity index (χ3n) is 5.14. The van der Waals surface area contributed by atoms with Crippen LogP contribution in [0.1, 0.15) is 11.3 Å². The van der Waals surface area contributed by atoms with E-state index in [4.69, 9.17) is 16.3 Å². The van der Waals surface area contributed by atoms with Crippen LogP contribution in [0.5, 0.6) is 5.75 Å². The first-order valence-corrected chi connectivity index (χ1v) is 10.1. The van der Waals surface area contributed by atoms with Crippen LogP contribution in [0, 0.1) is 6.92 Å². The number of amides is 1. The van der Waals surface area contributed by atoms with Crippen molar-refractivity contribution in [3.05, 3.63) is 46.9 Å². The monoisotopic (exact) mass is 429 g/mol. The lowest BCUT2D eigenvalue weighted by molar-refractivity contribution is -0.122. The van der Waals surface area contributed by atoms with Crippen LogP contribution >= 0.6 is 11.6 Å². The molecule has 4 rings (SSSR count). The number of carbonyl (C=O) groups excluding carboxylic acids is 1. The lowest BCUT2D eigenvalue weighted by atomic mass is 10.2. The number of benzene rings is 1. The van der Waals surface area contributed by atoms with E-state index in [1.165, 1.54) is 6.33 Å². The van der Waals surface area contributed by atoms with Gasteiger partial charge in [0.2, 0.25) is 5.91 Å². The molecule has 3 heterocycles. The number of aromatic nitrogens is 4. The van der Waals surface area contributed by atoms with E-state index in [2.05, 4.69) is 30.2 Å². The molecule has 1 aromatic carbocycles. The molecule has 1 aliphatic rings. The molecular weight excluding hydrogens is 406 g/mol. The number of nitrogens with zero attached hydrogens (tertiary/aromatic N) is 6. The molecule has 30 heavy (non-hydrogen) atoms. The summed E-state index contributed by atoms with van der Waals surface area (Å²) in [7, 11) is 1.60. The molecule has 1 fully saturated rings. The highest BCUT2D eigenvalue weighted by molar-refractivity contribution is 6.30. The van der Waals surface area contributed by atoms with E-state index in [0.29, 0.717) is 29.6 Å². The van der Waals surface area contributed by atoms with Gasteiger partial charge in [-0.3, -0.25) is 9.69 Å². The van der Waals surface area contributed by atoms with Gasteiger partial charge in [-0.2, -0.15) is 14.6 Å². The third-order valence-corrected chi connectivity index (χ3v) is 5.38. The molecule has 158 valence electrons. The van der Waals surface area contributed by atoms with Crippen molar-refractivity contribution >= 4 is 29.1 Å². The first-order valence-electron chi connectivity index (χ1n) is 9.77. The van der Waals surface area contributed by atoms with Gasteiger partial charge in [-0.25, -0.2) is 4.98 Å². The van der Waals surface area contributed by atoms with Gasteiger partial charge in [0.15, 0.2) is 0 Å². The molecule has 0 radical (unpaired) electrons. The molecule has 10 heteroatoms. The van der Waals surface area contributed by atoms with Crippen molar-refractivity contribution in [2.75, 3.05) is 44.7 Å². The fourth-order valence-electron chi connectivity index (χ4n) is 3.61. The van der Waals surface area contributed by atoms with Gasteiger partial charge >= 0.3 is 0 Å². The SMILES string of the molecule is COc1ccc(Cl)cc1CNC(=O)CN1CCN(c2cc(C)nc3ncnn23)CC1. The molecule has 0 saturated carbocycles. The van der Waals surface area contributed by atoms with Crippen molar-refractivity contribution in [3.63, 3.8) is 0 Å². The minimum absolute atomic E-state index is 0.0242. The predicted octanol–water partition coefficient (Wildman–Crippen LogP) is 1.53. The molecule has 0 spiro atoms. The number of methoxy groups -OCH3 is 1. The minimum atomic E-state index is -0.0242. The summed E-state index contributed by atoms with van der Waals surface area (Å²) < 4.78 is 7.09. The fourth-order valence-corrected chi connectivity index (χ4v) is 3.80. The first kappa shape index (κ1) is 20.4. The highest BCUT2D eigenvalue weighted by Crippen LogP contribution is 2.22. The number of aryl methyl sites for hydroxylation is 1. The zero-order chi connectivity index (χ0) is 21.1. The summed E-state index contributed by atoms with van der Waals surface area (Å²) in [6.45, 7) is 5.85. The van der Waals surface area contributed by atoms with Crippen LogP contribution < -0.4 is 15.0 Å². The Balaban J connectivity index is 1.31. The second-order valence-corrected chi connectivity index (χ2v) is 7.66. The zero-order valence-corrected chi connectivity index (χ0v) is 17.8. The number of anilines is 1. The van der Waals surface area contributed by atoms with Crippen LogP contribution in [0.15, 0.2) is 30.6 Å². The number of fused-ring (bicyclic) bond motifs is 1. The molecule has 1 saturated heterocycles. The van der Waals surface area contributed by atoms with Crippen LogP contribution in [0.3, 0.4) is 0 Å². The first-order chi connectivity index (χ1) is 14.5. The van der Waals surface area contributed by atoms with Crippen molar-refractivity contribution in [1.29, 1.82) is 0 Å².